The van der Waals surface area contributed by atoms with Gasteiger partial charge in [0, 0.05) is 31.4 Å². The van der Waals surface area contributed by atoms with Crippen LogP contribution in [0.25, 0.3) is 11.0 Å². The van der Waals surface area contributed by atoms with Crippen LogP contribution in [0.1, 0.15) is 38.1 Å². The second-order valence-electron chi connectivity index (χ2n) is 5.31. The second-order valence-corrected chi connectivity index (χ2v) is 5.74. The number of aryl methyl sites for hydroxylation is 1. The Labute approximate surface area is 130 Å². The van der Waals surface area contributed by atoms with Crippen molar-refractivity contribution in [1.82, 2.24) is 9.55 Å². The average molecular weight is 309 g/mol. The van der Waals surface area contributed by atoms with Crippen LogP contribution in [-0.2, 0) is 16.0 Å². The lowest BCUT2D eigenvalue weighted by atomic mass is 10.2. The van der Waals surface area contributed by atoms with Crippen molar-refractivity contribution in [3.63, 3.8) is 0 Å². The topological polar surface area (TPSA) is 36.3 Å². The minimum atomic E-state index is 0.114. The smallest absolute Gasteiger partial charge is 0.139 e. The molecule has 1 aliphatic rings. The molecule has 3 rings (SSSR count). The van der Waals surface area contributed by atoms with Gasteiger partial charge >= 0.3 is 0 Å². The maximum Gasteiger partial charge on any atom is 0.139 e. The van der Waals surface area contributed by atoms with E-state index in [4.69, 9.17) is 26.1 Å². The Hall–Kier alpha value is -1.10. The van der Waals surface area contributed by atoms with Crippen LogP contribution in [0.15, 0.2) is 18.2 Å². The zero-order valence-electron chi connectivity index (χ0n) is 12.3. The van der Waals surface area contributed by atoms with E-state index in [9.17, 15) is 0 Å². The van der Waals surface area contributed by atoms with Gasteiger partial charge in [0.05, 0.1) is 11.0 Å². The van der Waals surface area contributed by atoms with E-state index in [1.165, 1.54) is 0 Å². The summed E-state index contributed by atoms with van der Waals surface area (Å²) in [4.78, 5) is 4.77. The number of halogens is 1. The van der Waals surface area contributed by atoms with Crippen LogP contribution < -0.4 is 0 Å². The van der Waals surface area contributed by atoms with Gasteiger partial charge in [-0.3, -0.25) is 0 Å². The molecule has 1 aromatic carbocycles. The second kappa shape index (κ2) is 6.77. The van der Waals surface area contributed by atoms with Crippen LogP contribution in [0.5, 0.6) is 0 Å². The van der Waals surface area contributed by atoms with E-state index in [1.807, 2.05) is 25.1 Å². The molecule has 4 nitrogen and oxygen atoms in total. The van der Waals surface area contributed by atoms with Gasteiger partial charge in [-0.1, -0.05) is 11.6 Å². The van der Waals surface area contributed by atoms with Crippen LogP contribution >= 0.6 is 11.6 Å². The summed E-state index contributed by atoms with van der Waals surface area (Å²) < 4.78 is 13.5. The highest BCUT2D eigenvalue weighted by atomic mass is 35.5. The molecule has 0 aliphatic carbocycles. The summed E-state index contributed by atoms with van der Waals surface area (Å²) in [7, 11) is 0. The van der Waals surface area contributed by atoms with Gasteiger partial charge in [-0.25, -0.2) is 4.98 Å². The maximum absolute atomic E-state index is 6.09. The number of benzene rings is 1. The van der Waals surface area contributed by atoms with E-state index in [2.05, 4.69) is 4.57 Å². The summed E-state index contributed by atoms with van der Waals surface area (Å²) in [6.07, 6.45) is 3.24. The number of rotatable bonds is 6. The zero-order chi connectivity index (χ0) is 14.7. The Morgan fingerprint density at radius 1 is 1.48 bits per heavy atom. The summed E-state index contributed by atoms with van der Waals surface area (Å²) in [6.45, 7) is 5.28. The molecule has 1 atom stereocenters. The molecule has 1 unspecified atom stereocenters. The standard InChI is InChI=1S/C16H21ClN2O2/c1-2-20-9-4-8-19-14-7-6-12(17)11-13(14)18-16(19)15-5-3-10-21-15/h6-7,11,15H,2-5,8-10H2,1H3. The molecule has 2 aromatic rings. The number of nitrogens with zero attached hydrogens (tertiary/aromatic N) is 2. The molecule has 1 fully saturated rings. The third-order valence-electron chi connectivity index (χ3n) is 3.83. The number of hydrogen-bond acceptors (Lipinski definition) is 3. The highest BCUT2D eigenvalue weighted by Gasteiger charge is 2.24. The van der Waals surface area contributed by atoms with Crippen LogP contribution in [-0.4, -0.2) is 29.4 Å². The minimum absolute atomic E-state index is 0.114. The van der Waals surface area contributed by atoms with Gasteiger partial charge in [0.1, 0.15) is 11.9 Å². The van der Waals surface area contributed by atoms with Gasteiger partial charge in [0.25, 0.3) is 0 Å². The number of hydrogen-bond donors (Lipinski definition) is 0. The van der Waals surface area contributed by atoms with Crippen molar-refractivity contribution in [2.75, 3.05) is 19.8 Å². The van der Waals surface area contributed by atoms with Crippen molar-refractivity contribution >= 4 is 22.6 Å². The molecular weight excluding hydrogens is 288 g/mol. The van der Waals surface area contributed by atoms with Gasteiger partial charge < -0.3 is 14.0 Å². The fourth-order valence-electron chi connectivity index (χ4n) is 2.85. The molecule has 114 valence electrons. The fourth-order valence-corrected chi connectivity index (χ4v) is 3.02. The number of imidazole rings is 1. The van der Waals surface area contributed by atoms with Gasteiger partial charge in [0.15, 0.2) is 0 Å². The van der Waals surface area contributed by atoms with Crippen molar-refractivity contribution in [3.05, 3.63) is 29.0 Å². The predicted octanol–water partition coefficient (Wildman–Crippen LogP) is 3.97. The Balaban J connectivity index is 1.90. The lowest BCUT2D eigenvalue weighted by Gasteiger charge is -2.13. The molecule has 0 spiro atoms. The summed E-state index contributed by atoms with van der Waals surface area (Å²) in [6, 6.07) is 5.89. The Bertz CT molecular complexity index is 606. The Morgan fingerprint density at radius 3 is 3.14 bits per heavy atom. The summed E-state index contributed by atoms with van der Waals surface area (Å²) in [5.41, 5.74) is 2.07. The normalized spacial score (nSPS) is 18.7. The summed E-state index contributed by atoms with van der Waals surface area (Å²) in [5.74, 6) is 1.03. The molecule has 0 amide bonds. The first-order chi connectivity index (χ1) is 10.3. The van der Waals surface area contributed by atoms with Gasteiger partial charge in [0.2, 0.25) is 0 Å². The first kappa shape index (κ1) is 14.8. The highest BCUT2D eigenvalue weighted by molar-refractivity contribution is 6.31. The Kier molecular flexibility index (Phi) is 4.78. The molecule has 21 heavy (non-hydrogen) atoms. The summed E-state index contributed by atoms with van der Waals surface area (Å²) >= 11 is 6.09. The van der Waals surface area contributed by atoms with Crippen molar-refractivity contribution in [1.29, 1.82) is 0 Å². The van der Waals surface area contributed by atoms with Crippen LogP contribution in [0, 0.1) is 0 Å². The molecule has 0 saturated carbocycles. The van der Waals surface area contributed by atoms with Crippen LogP contribution in [0.4, 0.5) is 0 Å². The van der Waals surface area contributed by atoms with Crippen molar-refractivity contribution in [2.24, 2.45) is 0 Å². The van der Waals surface area contributed by atoms with Crippen molar-refractivity contribution < 1.29 is 9.47 Å². The molecule has 1 aromatic heterocycles. The predicted molar refractivity (Wildman–Crippen MR) is 83.8 cm³/mol. The number of fused-ring (bicyclic) bond motifs is 1. The molecule has 0 N–H and O–H groups in total. The van der Waals surface area contributed by atoms with E-state index in [0.29, 0.717) is 0 Å². The zero-order valence-corrected chi connectivity index (χ0v) is 13.1. The molecule has 1 saturated heterocycles. The van der Waals surface area contributed by atoms with Crippen molar-refractivity contribution in [3.8, 4) is 0 Å². The molecule has 5 heteroatoms. The quantitative estimate of drug-likeness (QED) is 0.758. The third-order valence-corrected chi connectivity index (χ3v) is 4.07. The number of ether oxygens (including phenoxy) is 2. The van der Waals surface area contributed by atoms with Crippen molar-refractivity contribution in [2.45, 2.75) is 38.8 Å². The molecule has 0 radical (unpaired) electrons. The van der Waals surface area contributed by atoms with Gasteiger partial charge in [-0.15, -0.1) is 0 Å². The van der Waals surface area contributed by atoms with E-state index >= 15 is 0 Å². The molecule has 1 aliphatic heterocycles. The maximum atomic E-state index is 6.09. The average Bonchev–Trinajstić information content (AvgIpc) is 3.10. The molecular formula is C16H21ClN2O2. The summed E-state index contributed by atoms with van der Waals surface area (Å²) in [5, 5.41) is 0.723. The third kappa shape index (κ3) is 3.23. The fraction of sp³-hybridized carbons (Fsp3) is 0.562. The van der Waals surface area contributed by atoms with Crippen LogP contribution in [0.3, 0.4) is 0 Å². The monoisotopic (exact) mass is 308 g/mol. The van der Waals surface area contributed by atoms with E-state index < -0.39 is 0 Å². The van der Waals surface area contributed by atoms with E-state index in [0.717, 1.165) is 67.5 Å². The largest absolute Gasteiger partial charge is 0.382 e. The Morgan fingerprint density at radius 2 is 2.38 bits per heavy atom. The lowest BCUT2D eigenvalue weighted by molar-refractivity contribution is 0.101. The van der Waals surface area contributed by atoms with Crippen LogP contribution in [0.2, 0.25) is 5.02 Å². The first-order valence-corrected chi connectivity index (χ1v) is 8.02. The molecule has 0 bridgehead atoms. The lowest BCUT2D eigenvalue weighted by Crippen LogP contribution is -2.10. The van der Waals surface area contributed by atoms with E-state index in [1.54, 1.807) is 0 Å². The van der Waals surface area contributed by atoms with Gasteiger partial charge in [-0.2, -0.15) is 0 Å². The SMILES string of the molecule is CCOCCCn1c(C2CCCO2)nc2cc(Cl)ccc21. The molecule has 2 heterocycles. The minimum Gasteiger partial charge on any atom is -0.382 e. The number of aromatic nitrogens is 2. The van der Waals surface area contributed by atoms with E-state index in [-0.39, 0.29) is 6.10 Å². The van der Waals surface area contributed by atoms with Gasteiger partial charge in [-0.05, 0) is 44.4 Å². The highest BCUT2D eigenvalue weighted by Crippen LogP contribution is 2.31. The first-order valence-electron chi connectivity index (χ1n) is 7.64.